The van der Waals surface area contributed by atoms with Gasteiger partial charge in [-0.25, -0.2) is 0 Å². The molecule has 0 aromatic carbocycles. The number of hydrogen-bond acceptors (Lipinski definition) is 2. The predicted octanol–water partition coefficient (Wildman–Crippen LogP) is 1.15. The van der Waals surface area contributed by atoms with Gasteiger partial charge in [-0.05, 0) is 19.3 Å². The summed E-state index contributed by atoms with van der Waals surface area (Å²) in [7, 11) is 0. The molecule has 1 aliphatic rings. The summed E-state index contributed by atoms with van der Waals surface area (Å²) in [5, 5.41) is 4.42. The van der Waals surface area contributed by atoms with Crippen molar-refractivity contribution in [2.45, 2.75) is 19.3 Å². The molecule has 1 rings (SSSR count). The Labute approximate surface area is 48.6 Å². The molecular weight excluding hydrogens is 107 g/mol. The zero-order valence-corrected chi connectivity index (χ0v) is 4.84. The lowest BCUT2D eigenvalue weighted by Crippen LogP contribution is -2.23. The van der Waals surface area contributed by atoms with Gasteiger partial charge in [-0.15, -0.1) is 4.91 Å². The van der Waals surface area contributed by atoms with Gasteiger partial charge in [-0.2, -0.15) is 0 Å². The maximum Gasteiger partial charge on any atom is 0.0523 e. The van der Waals surface area contributed by atoms with E-state index in [1.807, 2.05) is 0 Å². The number of nitroso groups, excluding NO2 is 1. The van der Waals surface area contributed by atoms with Crippen LogP contribution in [-0.4, -0.2) is 18.1 Å². The Morgan fingerprint density at radius 2 is 1.75 bits per heavy atom. The Hall–Kier alpha value is -0.600. The molecule has 1 aliphatic heterocycles. The van der Waals surface area contributed by atoms with Crippen LogP contribution < -0.4 is 0 Å². The molecule has 1 fully saturated rings. The van der Waals surface area contributed by atoms with E-state index in [2.05, 4.69) is 5.29 Å². The molecule has 1 saturated heterocycles. The van der Waals surface area contributed by atoms with Crippen molar-refractivity contribution >= 4 is 0 Å². The van der Waals surface area contributed by atoms with E-state index in [9.17, 15) is 4.91 Å². The first-order valence-electron chi connectivity index (χ1n) is 3.02. The number of nitrogens with zero attached hydrogens (tertiary/aromatic N) is 2. The molecule has 0 aromatic heterocycles. The lowest BCUT2D eigenvalue weighted by atomic mass is 10.3. The molecule has 46 valence electrons. The first kappa shape index (κ1) is 5.54. The minimum Gasteiger partial charge on any atom is -0.261 e. The van der Waals surface area contributed by atoms with Crippen molar-refractivity contribution in [2.24, 2.45) is 5.29 Å². The number of rotatable bonds is 1. The molecule has 0 aromatic rings. The van der Waals surface area contributed by atoms with Crippen LogP contribution in [0.25, 0.3) is 0 Å². The summed E-state index contributed by atoms with van der Waals surface area (Å²) in [5.74, 6) is 0. The minimum atomic E-state index is 0.865. The molecule has 0 amide bonds. The van der Waals surface area contributed by atoms with E-state index in [4.69, 9.17) is 0 Å². The van der Waals surface area contributed by atoms with E-state index in [0.29, 0.717) is 0 Å². The maximum absolute atomic E-state index is 9.84. The van der Waals surface area contributed by atoms with E-state index >= 15 is 0 Å². The van der Waals surface area contributed by atoms with Gasteiger partial charge in [0.1, 0.15) is 0 Å². The van der Waals surface area contributed by atoms with Crippen LogP contribution in [0, 0.1) is 4.91 Å². The van der Waals surface area contributed by atoms with Gasteiger partial charge in [0.2, 0.25) is 0 Å². The molecular formula is C5H10N2O. The summed E-state index contributed by atoms with van der Waals surface area (Å²) in [5.41, 5.74) is 0. The molecule has 0 aliphatic carbocycles. The lowest BCUT2D eigenvalue weighted by molar-refractivity contribution is 0.236. The SMILES string of the molecule is O=[15N]N1[13CH2]CCC[13CH2]1. The largest absolute Gasteiger partial charge is 0.261 e. The van der Waals surface area contributed by atoms with Gasteiger partial charge in [-0.3, -0.25) is 5.01 Å². The van der Waals surface area contributed by atoms with Crippen molar-refractivity contribution in [3.8, 4) is 0 Å². The minimum absolute atomic E-state index is 0.865. The molecule has 0 radical (unpaired) electrons. The summed E-state index contributed by atoms with van der Waals surface area (Å²) in [6.45, 7) is 1.73. The van der Waals surface area contributed by atoms with Crippen LogP contribution in [0.15, 0.2) is 5.29 Å². The fourth-order valence-electron chi connectivity index (χ4n) is 0.959. The molecule has 1 heterocycles. The molecule has 0 unspecified atom stereocenters. The second kappa shape index (κ2) is 2.64. The van der Waals surface area contributed by atoms with Crippen LogP contribution in [0.1, 0.15) is 19.3 Å². The van der Waals surface area contributed by atoms with Crippen LogP contribution in [0.4, 0.5) is 0 Å². The number of hydrogen-bond donors (Lipinski definition) is 0. The molecule has 3 nitrogen and oxygen atoms in total. The van der Waals surface area contributed by atoms with Gasteiger partial charge in [0.05, 0.1) is 5.29 Å². The Morgan fingerprint density at radius 3 is 2.12 bits per heavy atom. The molecule has 3 heteroatoms. The summed E-state index contributed by atoms with van der Waals surface area (Å²) < 4.78 is 0. The van der Waals surface area contributed by atoms with Crippen LogP contribution >= 0.6 is 0 Å². The van der Waals surface area contributed by atoms with Crippen molar-refractivity contribution in [1.82, 2.24) is 5.01 Å². The van der Waals surface area contributed by atoms with Crippen LogP contribution in [0.2, 0.25) is 0 Å². The van der Waals surface area contributed by atoms with E-state index < -0.39 is 0 Å². The van der Waals surface area contributed by atoms with Crippen molar-refractivity contribution in [2.75, 3.05) is 13.1 Å². The van der Waals surface area contributed by atoms with E-state index in [1.54, 1.807) is 5.01 Å². The lowest BCUT2D eigenvalue weighted by Gasteiger charge is -2.19. The quantitative estimate of drug-likeness (QED) is 0.293. The average Bonchev–Trinajstić information content (AvgIpc) is 1.90. The third kappa shape index (κ3) is 1.18. The fraction of sp³-hybridized carbons (Fsp3) is 1.00. The molecule has 0 saturated carbocycles. The van der Waals surface area contributed by atoms with Crippen LogP contribution in [0.5, 0.6) is 0 Å². The predicted molar refractivity (Wildman–Crippen MR) is 31.2 cm³/mol. The first-order chi connectivity index (χ1) is 3.93. The van der Waals surface area contributed by atoms with Crippen molar-refractivity contribution in [3.63, 3.8) is 0 Å². The second-order valence-electron chi connectivity index (χ2n) is 2.10. The van der Waals surface area contributed by atoms with Crippen molar-refractivity contribution in [3.05, 3.63) is 4.91 Å². The highest BCUT2D eigenvalue weighted by Gasteiger charge is 2.06. The Balaban J connectivity index is 2.22. The van der Waals surface area contributed by atoms with Crippen molar-refractivity contribution < 1.29 is 0 Å². The normalized spacial score (nSPS) is 20.8. The summed E-state index contributed by atoms with van der Waals surface area (Å²) in [6.07, 6.45) is 3.52. The molecule has 0 bridgehead atoms. The highest BCUT2D eigenvalue weighted by Crippen LogP contribution is 2.07. The zero-order valence-electron chi connectivity index (χ0n) is 4.84. The van der Waals surface area contributed by atoms with Gasteiger partial charge < -0.3 is 0 Å². The summed E-state index contributed by atoms with van der Waals surface area (Å²) in [4.78, 5) is 9.84. The Bertz CT molecular complexity index is 78.5. The van der Waals surface area contributed by atoms with Gasteiger partial charge in [0, 0.05) is 13.1 Å². The smallest absolute Gasteiger partial charge is 0.0523 e. The van der Waals surface area contributed by atoms with E-state index in [0.717, 1.165) is 25.9 Å². The topological polar surface area (TPSA) is 32.7 Å². The van der Waals surface area contributed by atoms with E-state index in [-0.39, 0.29) is 0 Å². The summed E-state index contributed by atoms with van der Waals surface area (Å²) >= 11 is 0. The van der Waals surface area contributed by atoms with Crippen LogP contribution in [0.3, 0.4) is 0 Å². The highest BCUT2D eigenvalue weighted by molar-refractivity contribution is 4.58. The molecule has 0 N–H and O–H groups in total. The van der Waals surface area contributed by atoms with Crippen molar-refractivity contribution in [1.29, 1.82) is 0 Å². The van der Waals surface area contributed by atoms with E-state index in [1.165, 1.54) is 6.42 Å². The Kier molecular flexibility index (Phi) is 1.83. The highest BCUT2D eigenvalue weighted by atomic mass is 16.5. The standard InChI is InChI=1S/C5H10N2O/c8-6-7-4-2-1-3-5-7/h1-5H2/i4+1,5+1,6+1. The molecule has 0 atom stereocenters. The summed E-state index contributed by atoms with van der Waals surface area (Å²) in [6, 6.07) is 0. The monoisotopic (exact) mass is 117 g/mol. The van der Waals surface area contributed by atoms with Gasteiger partial charge in [-0.1, -0.05) is 0 Å². The fourth-order valence-corrected chi connectivity index (χ4v) is 0.959. The third-order valence-corrected chi connectivity index (χ3v) is 1.45. The van der Waals surface area contributed by atoms with Gasteiger partial charge >= 0.3 is 0 Å². The molecule has 8 heavy (non-hydrogen) atoms. The average molecular weight is 117 g/mol. The zero-order chi connectivity index (χ0) is 5.82. The van der Waals surface area contributed by atoms with Gasteiger partial charge in [0.25, 0.3) is 0 Å². The first-order valence-corrected chi connectivity index (χ1v) is 3.02. The maximum atomic E-state index is 9.84. The number of piperidine rings is 1. The second-order valence-corrected chi connectivity index (χ2v) is 2.10. The van der Waals surface area contributed by atoms with Crippen LogP contribution in [-0.2, 0) is 0 Å². The molecule has 0 spiro atoms. The third-order valence-electron chi connectivity index (χ3n) is 1.45. The Morgan fingerprint density at radius 1 is 1.12 bits per heavy atom. The van der Waals surface area contributed by atoms with Gasteiger partial charge in [0.15, 0.2) is 0 Å².